The van der Waals surface area contributed by atoms with Crippen molar-refractivity contribution in [3.8, 4) is 16.3 Å². The van der Waals surface area contributed by atoms with Gasteiger partial charge in [0.15, 0.2) is 0 Å². The van der Waals surface area contributed by atoms with E-state index in [2.05, 4.69) is 10.3 Å². The molecule has 26 heavy (non-hydrogen) atoms. The Bertz CT molecular complexity index is 846. The van der Waals surface area contributed by atoms with Gasteiger partial charge in [-0.1, -0.05) is 48.5 Å². The molecular weight excluding hydrogens is 344 g/mol. The maximum atomic E-state index is 12.1. The van der Waals surface area contributed by atoms with Crippen molar-refractivity contribution in [1.82, 2.24) is 10.3 Å². The number of carbonyl (C=O) groups is 1. The molecule has 134 valence electrons. The van der Waals surface area contributed by atoms with E-state index in [1.165, 1.54) is 0 Å². The SMILES string of the molecule is COc1ccccc1CCNC(=O)CCc1csc(-c2ccccc2)n1. The first-order valence-electron chi connectivity index (χ1n) is 8.64. The van der Waals surface area contributed by atoms with Crippen molar-refractivity contribution in [2.45, 2.75) is 19.3 Å². The maximum Gasteiger partial charge on any atom is 0.220 e. The van der Waals surface area contributed by atoms with E-state index >= 15 is 0 Å². The topological polar surface area (TPSA) is 51.2 Å². The third-order valence-electron chi connectivity index (χ3n) is 4.09. The average molecular weight is 366 g/mol. The van der Waals surface area contributed by atoms with Crippen molar-refractivity contribution in [3.63, 3.8) is 0 Å². The van der Waals surface area contributed by atoms with Crippen LogP contribution in [0.3, 0.4) is 0 Å². The molecule has 4 nitrogen and oxygen atoms in total. The van der Waals surface area contributed by atoms with E-state index in [-0.39, 0.29) is 5.91 Å². The molecule has 2 aromatic carbocycles. The number of rotatable bonds is 8. The van der Waals surface area contributed by atoms with Gasteiger partial charge in [0.05, 0.1) is 12.8 Å². The van der Waals surface area contributed by atoms with Gasteiger partial charge < -0.3 is 10.1 Å². The molecule has 0 atom stereocenters. The molecule has 0 saturated heterocycles. The molecule has 0 fully saturated rings. The van der Waals surface area contributed by atoms with Crippen LogP contribution in [0.25, 0.3) is 10.6 Å². The monoisotopic (exact) mass is 366 g/mol. The number of nitrogens with one attached hydrogen (secondary N) is 1. The maximum absolute atomic E-state index is 12.1. The minimum Gasteiger partial charge on any atom is -0.496 e. The van der Waals surface area contributed by atoms with Crippen LogP contribution < -0.4 is 10.1 Å². The van der Waals surface area contributed by atoms with E-state index < -0.39 is 0 Å². The lowest BCUT2D eigenvalue weighted by molar-refractivity contribution is -0.121. The zero-order chi connectivity index (χ0) is 18.2. The summed E-state index contributed by atoms with van der Waals surface area (Å²) in [5.74, 6) is 0.909. The summed E-state index contributed by atoms with van der Waals surface area (Å²) >= 11 is 1.62. The van der Waals surface area contributed by atoms with Crippen molar-refractivity contribution in [3.05, 3.63) is 71.2 Å². The zero-order valence-corrected chi connectivity index (χ0v) is 15.6. The Balaban J connectivity index is 1.44. The van der Waals surface area contributed by atoms with Crippen LogP contribution in [0.4, 0.5) is 0 Å². The largest absolute Gasteiger partial charge is 0.496 e. The number of methoxy groups -OCH3 is 1. The average Bonchev–Trinajstić information content (AvgIpc) is 3.16. The molecule has 0 spiro atoms. The Morgan fingerprint density at radius 2 is 1.85 bits per heavy atom. The summed E-state index contributed by atoms with van der Waals surface area (Å²) in [7, 11) is 1.66. The van der Waals surface area contributed by atoms with E-state index in [1.54, 1.807) is 18.4 Å². The molecule has 1 amide bonds. The minimum atomic E-state index is 0.0501. The number of thiazole rings is 1. The van der Waals surface area contributed by atoms with E-state index in [9.17, 15) is 4.79 Å². The Labute approximate surface area is 157 Å². The van der Waals surface area contributed by atoms with E-state index in [0.717, 1.165) is 34.0 Å². The number of ether oxygens (including phenoxy) is 1. The lowest BCUT2D eigenvalue weighted by Gasteiger charge is -2.09. The molecule has 0 aliphatic heterocycles. The van der Waals surface area contributed by atoms with Crippen molar-refractivity contribution in [2.24, 2.45) is 0 Å². The molecule has 0 aliphatic rings. The summed E-state index contributed by atoms with van der Waals surface area (Å²) < 4.78 is 5.33. The lowest BCUT2D eigenvalue weighted by atomic mass is 10.1. The molecule has 0 saturated carbocycles. The number of hydrogen-bond acceptors (Lipinski definition) is 4. The minimum absolute atomic E-state index is 0.0501. The van der Waals surface area contributed by atoms with Crippen LogP contribution in [0.5, 0.6) is 5.75 Å². The highest BCUT2D eigenvalue weighted by Gasteiger charge is 2.08. The molecule has 0 aliphatic carbocycles. The van der Waals surface area contributed by atoms with Crippen LogP contribution in [0, 0.1) is 0 Å². The summed E-state index contributed by atoms with van der Waals surface area (Å²) in [5, 5.41) is 6.00. The number of aryl methyl sites for hydroxylation is 1. The number of benzene rings is 2. The van der Waals surface area contributed by atoms with Crippen molar-refractivity contribution >= 4 is 17.2 Å². The van der Waals surface area contributed by atoms with Gasteiger partial charge in [-0.3, -0.25) is 4.79 Å². The smallest absolute Gasteiger partial charge is 0.220 e. The molecule has 0 bridgehead atoms. The van der Waals surface area contributed by atoms with Crippen LogP contribution in [-0.2, 0) is 17.6 Å². The number of nitrogens with zero attached hydrogens (tertiary/aromatic N) is 1. The molecule has 3 aromatic rings. The lowest BCUT2D eigenvalue weighted by Crippen LogP contribution is -2.26. The predicted octanol–water partition coefficient (Wildman–Crippen LogP) is 4.11. The number of amides is 1. The van der Waals surface area contributed by atoms with Crippen LogP contribution >= 0.6 is 11.3 Å². The third kappa shape index (κ3) is 4.92. The van der Waals surface area contributed by atoms with Crippen LogP contribution in [0.15, 0.2) is 60.0 Å². The van der Waals surface area contributed by atoms with E-state index in [0.29, 0.717) is 19.4 Å². The molecule has 0 radical (unpaired) electrons. The number of carbonyl (C=O) groups excluding carboxylic acids is 1. The highest BCUT2D eigenvalue weighted by atomic mass is 32.1. The molecule has 0 unspecified atom stereocenters. The Morgan fingerprint density at radius 1 is 1.08 bits per heavy atom. The first-order chi connectivity index (χ1) is 12.8. The zero-order valence-electron chi connectivity index (χ0n) is 14.8. The van der Waals surface area contributed by atoms with Crippen LogP contribution in [-0.4, -0.2) is 24.5 Å². The van der Waals surface area contributed by atoms with Gasteiger partial charge in [0.2, 0.25) is 5.91 Å². The van der Waals surface area contributed by atoms with Gasteiger partial charge in [0, 0.05) is 23.9 Å². The fourth-order valence-electron chi connectivity index (χ4n) is 2.71. The predicted molar refractivity (Wildman–Crippen MR) is 106 cm³/mol. The summed E-state index contributed by atoms with van der Waals surface area (Å²) in [5.41, 5.74) is 3.18. The van der Waals surface area contributed by atoms with Gasteiger partial charge in [-0.05, 0) is 24.5 Å². The molecule has 3 rings (SSSR count). The van der Waals surface area contributed by atoms with Crippen LogP contribution in [0.1, 0.15) is 17.7 Å². The molecule has 1 aromatic heterocycles. The fraction of sp³-hybridized carbons (Fsp3) is 0.238. The van der Waals surface area contributed by atoms with Gasteiger partial charge in [0.1, 0.15) is 10.8 Å². The van der Waals surface area contributed by atoms with Gasteiger partial charge in [-0.15, -0.1) is 11.3 Å². The summed E-state index contributed by atoms with van der Waals surface area (Å²) in [6.07, 6.45) is 1.86. The number of aromatic nitrogens is 1. The first kappa shape index (κ1) is 18.1. The number of hydrogen-bond donors (Lipinski definition) is 1. The van der Waals surface area contributed by atoms with Gasteiger partial charge in [-0.25, -0.2) is 4.98 Å². The molecular formula is C21H22N2O2S. The Kier molecular flexibility index (Phi) is 6.39. The highest BCUT2D eigenvalue weighted by molar-refractivity contribution is 7.13. The van der Waals surface area contributed by atoms with Crippen molar-refractivity contribution < 1.29 is 9.53 Å². The van der Waals surface area contributed by atoms with Gasteiger partial charge in [0.25, 0.3) is 0 Å². The van der Waals surface area contributed by atoms with Crippen molar-refractivity contribution in [1.29, 1.82) is 0 Å². The first-order valence-corrected chi connectivity index (χ1v) is 9.52. The quantitative estimate of drug-likeness (QED) is 0.653. The fourth-order valence-corrected chi connectivity index (χ4v) is 3.57. The summed E-state index contributed by atoms with van der Waals surface area (Å²) in [6, 6.07) is 18.0. The Hall–Kier alpha value is -2.66. The van der Waals surface area contributed by atoms with E-state index in [4.69, 9.17) is 4.74 Å². The molecule has 1 N–H and O–H groups in total. The molecule has 1 heterocycles. The highest BCUT2D eigenvalue weighted by Crippen LogP contribution is 2.23. The van der Waals surface area contributed by atoms with Gasteiger partial charge >= 0.3 is 0 Å². The number of para-hydroxylation sites is 1. The third-order valence-corrected chi connectivity index (χ3v) is 5.03. The van der Waals surface area contributed by atoms with E-state index in [1.807, 2.05) is 60.0 Å². The normalized spacial score (nSPS) is 10.5. The molecule has 5 heteroatoms. The summed E-state index contributed by atoms with van der Waals surface area (Å²) in [6.45, 7) is 0.603. The van der Waals surface area contributed by atoms with Gasteiger partial charge in [-0.2, -0.15) is 0 Å². The second-order valence-corrected chi connectivity index (χ2v) is 6.78. The van der Waals surface area contributed by atoms with Crippen molar-refractivity contribution in [2.75, 3.05) is 13.7 Å². The second-order valence-electron chi connectivity index (χ2n) is 5.92. The standard InChI is InChI=1S/C21H22N2O2S/c1-25-19-10-6-5-7-16(19)13-14-22-20(24)12-11-18-15-26-21(23-18)17-8-3-2-4-9-17/h2-10,15H,11-14H2,1H3,(H,22,24). The van der Waals surface area contributed by atoms with Crippen LogP contribution in [0.2, 0.25) is 0 Å². The Morgan fingerprint density at radius 3 is 2.65 bits per heavy atom. The second kappa shape index (κ2) is 9.15. The summed E-state index contributed by atoms with van der Waals surface area (Å²) in [4.78, 5) is 16.7.